The quantitative estimate of drug-likeness (QED) is 0.608. The highest BCUT2D eigenvalue weighted by Gasteiger charge is 2.21. The van der Waals surface area contributed by atoms with Crippen LogP contribution in [0.25, 0.3) is 0 Å². The van der Waals surface area contributed by atoms with Crippen molar-refractivity contribution in [1.82, 2.24) is 9.97 Å². The van der Waals surface area contributed by atoms with Crippen molar-refractivity contribution in [1.29, 1.82) is 0 Å². The second-order valence-corrected chi connectivity index (χ2v) is 6.13. The Hall–Kier alpha value is -2.38. The summed E-state index contributed by atoms with van der Waals surface area (Å²) in [7, 11) is 0. The van der Waals surface area contributed by atoms with E-state index < -0.39 is 18.5 Å². The predicted octanol–water partition coefficient (Wildman–Crippen LogP) is 3.33. The first-order valence-electron chi connectivity index (χ1n) is 7.18. The van der Waals surface area contributed by atoms with E-state index in [2.05, 4.69) is 15.3 Å². The highest BCUT2D eigenvalue weighted by molar-refractivity contribution is 6.36. The molecule has 0 fully saturated rings. The molecule has 2 aromatic rings. The van der Waals surface area contributed by atoms with Gasteiger partial charge in [-0.25, -0.2) is 9.78 Å². The number of halogens is 2. The van der Waals surface area contributed by atoms with Gasteiger partial charge in [0.15, 0.2) is 18.2 Å². The Bertz CT molecular complexity index is 861. The van der Waals surface area contributed by atoms with Crippen LogP contribution < -0.4 is 5.32 Å². The van der Waals surface area contributed by atoms with Crippen LogP contribution in [0.5, 0.6) is 0 Å². The van der Waals surface area contributed by atoms with Gasteiger partial charge in [0.25, 0.3) is 5.91 Å². The van der Waals surface area contributed by atoms with Gasteiger partial charge in [0.2, 0.25) is 0 Å². The van der Waals surface area contributed by atoms with Crippen LogP contribution in [0.3, 0.4) is 0 Å². The number of amides is 1. The first kappa shape index (κ1) is 19.0. The zero-order chi connectivity index (χ0) is 18.7. The average molecular weight is 384 g/mol. The van der Waals surface area contributed by atoms with Gasteiger partial charge in [-0.05, 0) is 32.4 Å². The Kier molecular flexibility index (Phi) is 5.81. The SMILES string of the molecule is CC(=O)c1c(C)[nH]c(C(=O)OCC(=O)Nc2ncc(Cl)cc2Cl)c1C. The van der Waals surface area contributed by atoms with Crippen molar-refractivity contribution < 1.29 is 19.1 Å². The molecule has 2 aromatic heterocycles. The lowest BCUT2D eigenvalue weighted by Crippen LogP contribution is -2.22. The van der Waals surface area contributed by atoms with Crippen LogP contribution in [0.4, 0.5) is 5.82 Å². The normalized spacial score (nSPS) is 10.4. The molecule has 25 heavy (non-hydrogen) atoms. The number of aryl methyl sites for hydroxylation is 1. The third-order valence-electron chi connectivity index (χ3n) is 3.39. The predicted molar refractivity (Wildman–Crippen MR) is 93.4 cm³/mol. The monoisotopic (exact) mass is 383 g/mol. The third kappa shape index (κ3) is 4.37. The molecule has 2 heterocycles. The van der Waals surface area contributed by atoms with E-state index in [9.17, 15) is 14.4 Å². The van der Waals surface area contributed by atoms with Gasteiger partial charge < -0.3 is 15.0 Å². The van der Waals surface area contributed by atoms with Crippen LogP contribution in [0.1, 0.15) is 39.0 Å². The number of hydrogen-bond donors (Lipinski definition) is 2. The molecule has 2 rings (SSSR count). The second-order valence-electron chi connectivity index (χ2n) is 5.29. The maximum atomic E-state index is 12.1. The summed E-state index contributed by atoms with van der Waals surface area (Å²) < 4.78 is 4.96. The fourth-order valence-corrected chi connectivity index (χ4v) is 2.79. The van der Waals surface area contributed by atoms with Crippen molar-refractivity contribution >= 4 is 46.7 Å². The van der Waals surface area contributed by atoms with Gasteiger partial charge in [-0.15, -0.1) is 0 Å². The molecule has 1 amide bonds. The Labute approximate surface area is 153 Å². The van der Waals surface area contributed by atoms with Crippen molar-refractivity contribution in [3.8, 4) is 0 Å². The molecule has 0 aliphatic carbocycles. The van der Waals surface area contributed by atoms with Gasteiger partial charge in [-0.1, -0.05) is 23.2 Å². The lowest BCUT2D eigenvalue weighted by molar-refractivity contribution is -0.119. The molecular weight excluding hydrogens is 369 g/mol. The number of hydrogen-bond acceptors (Lipinski definition) is 5. The number of rotatable bonds is 5. The summed E-state index contributed by atoms with van der Waals surface area (Å²) in [4.78, 5) is 42.2. The number of carbonyl (C=O) groups is 3. The molecule has 7 nitrogen and oxygen atoms in total. The van der Waals surface area contributed by atoms with E-state index in [1.165, 1.54) is 19.2 Å². The fraction of sp³-hybridized carbons (Fsp3) is 0.250. The summed E-state index contributed by atoms with van der Waals surface area (Å²) in [5.74, 6) is -1.40. The van der Waals surface area contributed by atoms with Gasteiger partial charge in [0.1, 0.15) is 5.69 Å². The van der Waals surface area contributed by atoms with Crippen molar-refractivity contribution in [2.24, 2.45) is 0 Å². The minimum atomic E-state index is -0.738. The van der Waals surface area contributed by atoms with E-state index in [1.807, 2.05) is 0 Å². The third-order valence-corrected chi connectivity index (χ3v) is 3.89. The van der Waals surface area contributed by atoms with Crippen LogP contribution in [-0.4, -0.2) is 34.2 Å². The Morgan fingerprint density at radius 1 is 1.28 bits per heavy atom. The van der Waals surface area contributed by atoms with E-state index in [1.54, 1.807) is 13.8 Å². The number of Topliss-reactive ketones (excluding diaryl/α,β-unsaturated/α-hetero) is 1. The number of H-pyrrole nitrogens is 1. The largest absolute Gasteiger partial charge is 0.451 e. The highest BCUT2D eigenvalue weighted by atomic mass is 35.5. The maximum Gasteiger partial charge on any atom is 0.355 e. The number of aromatic amines is 1. The molecule has 0 aliphatic heterocycles. The van der Waals surface area contributed by atoms with E-state index >= 15 is 0 Å². The van der Waals surface area contributed by atoms with E-state index in [4.69, 9.17) is 27.9 Å². The zero-order valence-electron chi connectivity index (χ0n) is 13.7. The average Bonchev–Trinajstić information content (AvgIpc) is 2.82. The summed E-state index contributed by atoms with van der Waals surface area (Å²) >= 11 is 11.6. The number of pyridine rings is 1. The number of carbonyl (C=O) groups excluding carboxylic acids is 3. The molecule has 0 unspecified atom stereocenters. The molecule has 0 aliphatic rings. The van der Waals surface area contributed by atoms with Gasteiger partial charge in [0.05, 0.1) is 10.0 Å². The molecule has 0 radical (unpaired) electrons. The number of ketones is 1. The molecular formula is C16H15Cl2N3O4. The molecule has 0 bridgehead atoms. The van der Waals surface area contributed by atoms with Crippen LogP contribution in [0, 0.1) is 13.8 Å². The van der Waals surface area contributed by atoms with Crippen molar-refractivity contribution in [3.63, 3.8) is 0 Å². The maximum absolute atomic E-state index is 12.1. The van der Waals surface area contributed by atoms with E-state index in [0.717, 1.165) is 0 Å². The number of esters is 1. The summed E-state index contributed by atoms with van der Waals surface area (Å²) in [6, 6.07) is 1.42. The molecule has 0 saturated heterocycles. The van der Waals surface area contributed by atoms with Crippen LogP contribution in [0.15, 0.2) is 12.3 Å². The van der Waals surface area contributed by atoms with Crippen molar-refractivity contribution in [2.75, 3.05) is 11.9 Å². The topological polar surface area (TPSA) is 101 Å². The van der Waals surface area contributed by atoms with Crippen molar-refractivity contribution in [2.45, 2.75) is 20.8 Å². The molecule has 132 valence electrons. The molecule has 9 heteroatoms. The summed E-state index contributed by atoms with van der Waals surface area (Å²) in [6.07, 6.45) is 1.32. The smallest absolute Gasteiger partial charge is 0.355 e. The van der Waals surface area contributed by atoms with E-state index in [-0.39, 0.29) is 22.3 Å². The lowest BCUT2D eigenvalue weighted by atomic mass is 10.1. The zero-order valence-corrected chi connectivity index (χ0v) is 15.2. The number of aromatic nitrogens is 2. The van der Waals surface area contributed by atoms with Gasteiger partial charge in [0, 0.05) is 17.5 Å². The molecule has 0 saturated carbocycles. The molecule has 2 N–H and O–H groups in total. The standard InChI is InChI=1S/C16H15Cl2N3O4/c1-7-13(9(3)22)8(2)20-14(7)16(24)25-6-12(23)21-15-11(18)4-10(17)5-19-15/h4-5,20H,6H2,1-3H3,(H,19,21,23). The molecule has 0 atom stereocenters. The van der Waals surface area contributed by atoms with Gasteiger partial charge in [-0.2, -0.15) is 0 Å². The fourth-order valence-electron chi connectivity index (χ4n) is 2.36. The minimum Gasteiger partial charge on any atom is -0.451 e. The first-order chi connectivity index (χ1) is 11.7. The number of nitrogens with one attached hydrogen (secondary N) is 2. The molecule has 0 aromatic carbocycles. The van der Waals surface area contributed by atoms with Gasteiger partial charge in [-0.3, -0.25) is 9.59 Å². The van der Waals surface area contributed by atoms with Gasteiger partial charge >= 0.3 is 5.97 Å². The lowest BCUT2D eigenvalue weighted by Gasteiger charge is -2.07. The summed E-state index contributed by atoms with van der Waals surface area (Å²) in [5, 5.41) is 2.90. The first-order valence-corrected chi connectivity index (χ1v) is 7.94. The van der Waals surface area contributed by atoms with Crippen molar-refractivity contribution in [3.05, 3.63) is 44.8 Å². The summed E-state index contributed by atoms with van der Waals surface area (Å²) in [6.45, 7) is 4.19. The Morgan fingerprint density at radius 2 is 1.96 bits per heavy atom. The second kappa shape index (κ2) is 7.67. The summed E-state index contributed by atoms with van der Waals surface area (Å²) in [5.41, 5.74) is 1.63. The minimum absolute atomic E-state index is 0.109. The number of anilines is 1. The number of nitrogens with zero attached hydrogens (tertiary/aromatic N) is 1. The number of ether oxygens (including phenoxy) is 1. The highest BCUT2D eigenvalue weighted by Crippen LogP contribution is 2.22. The molecule has 0 spiro atoms. The van der Waals surface area contributed by atoms with Crippen LogP contribution in [-0.2, 0) is 9.53 Å². The van der Waals surface area contributed by atoms with E-state index in [0.29, 0.717) is 21.8 Å². The van der Waals surface area contributed by atoms with Crippen LogP contribution >= 0.6 is 23.2 Å². The van der Waals surface area contributed by atoms with Crippen LogP contribution in [0.2, 0.25) is 10.0 Å². The Morgan fingerprint density at radius 3 is 2.52 bits per heavy atom. The Balaban J connectivity index is 2.01.